The van der Waals surface area contributed by atoms with Crippen molar-refractivity contribution >= 4 is 17.5 Å². The standard InChI is InChI=1S/C33H34FN3O2/c1-33(2,3)28-14-12-26(13-15-28)31(38)36-30-16-10-23(11-17-30)21-37(22-25-7-4-6-24(18-25)20-35)32(39)27-8-5-9-29(34)19-27/h4-19H,20-22,35H2,1-3H3,(H,36,38). The lowest BCUT2D eigenvalue weighted by Gasteiger charge is -2.24. The molecule has 5 nitrogen and oxygen atoms in total. The number of carbonyl (C=O) groups excluding carboxylic acids is 2. The summed E-state index contributed by atoms with van der Waals surface area (Å²) in [6, 6.07) is 28.5. The van der Waals surface area contributed by atoms with E-state index in [-0.39, 0.29) is 22.8 Å². The van der Waals surface area contributed by atoms with E-state index in [9.17, 15) is 14.0 Å². The van der Waals surface area contributed by atoms with E-state index in [1.807, 2.05) is 72.8 Å². The van der Waals surface area contributed by atoms with E-state index in [0.29, 0.717) is 30.9 Å². The number of benzene rings is 4. The maximum absolute atomic E-state index is 13.9. The first-order valence-corrected chi connectivity index (χ1v) is 13.0. The van der Waals surface area contributed by atoms with Crippen LogP contribution in [0, 0.1) is 5.82 Å². The van der Waals surface area contributed by atoms with E-state index in [0.717, 1.165) is 22.3 Å². The average molecular weight is 524 g/mol. The number of hydrogen-bond acceptors (Lipinski definition) is 3. The van der Waals surface area contributed by atoms with Crippen LogP contribution in [0.15, 0.2) is 97.1 Å². The van der Waals surface area contributed by atoms with Crippen LogP contribution in [0.5, 0.6) is 0 Å². The van der Waals surface area contributed by atoms with E-state index < -0.39 is 5.82 Å². The van der Waals surface area contributed by atoms with Crippen LogP contribution >= 0.6 is 0 Å². The van der Waals surface area contributed by atoms with Gasteiger partial charge in [0.15, 0.2) is 0 Å². The van der Waals surface area contributed by atoms with Gasteiger partial charge in [-0.05, 0) is 70.1 Å². The Kier molecular flexibility index (Phi) is 8.57. The molecule has 4 aromatic carbocycles. The number of nitrogens with zero attached hydrogens (tertiary/aromatic N) is 1. The summed E-state index contributed by atoms with van der Waals surface area (Å²) >= 11 is 0. The number of nitrogens with one attached hydrogen (secondary N) is 1. The van der Waals surface area contributed by atoms with Crippen molar-refractivity contribution in [2.24, 2.45) is 5.73 Å². The van der Waals surface area contributed by atoms with Crippen LogP contribution in [0.3, 0.4) is 0 Å². The minimum atomic E-state index is -0.459. The molecule has 0 aliphatic rings. The molecule has 2 amide bonds. The van der Waals surface area contributed by atoms with Crippen molar-refractivity contribution in [2.45, 2.75) is 45.8 Å². The third-order valence-corrected chi connectivity index (χ3v) is 6.56. The summed E-state index contributed by atoms with van der Waals surface area (Å²) in [4.78, 5) is 27.8. The van der Waals surface area contributed by atoms with Gasteiger partial charge in [-0.3, -0.25) is 9.59 Å². The molecular weight excluding hydrogens is 489 g/mol. The Bertz CT molecular complexity index is 1440. The van der Waals surface area contributed by atoms with Gasteiger partial charge in [-0.15, -0.1) is 0 Å². The van der Waals surface area contributed by atoms with Crippen LogP contribution < -0.4 is 11.1 Å². The maximum Gasteiger partial charge on any atom is 0.255 e. The fraction of sp³-hybridized carbons (Fsp3) is 0.212. The van der Waals surface area contributed by atoms with Crippen molar-refractivity contribution in [2.75, 3.05) is 5.32 Å². The first-order chi connectivity index (χ1) is 18.6. The second kappa shape index (κ2) is 12.0. The van der Waals surface area contributed by atoms with E-state index in [4.69, 9.17) is 5.73 Å². The summed E-state index contributed by atoms with van der Waals surface area (Å²) in [5.41, 5.74) is 11.3. The predicted molar refractivity (Wildman–Crippen MR) is 154 cm³/mol. The molecule has 0 aliphatic heterocycles. The van der Waals surface area contributed by atoms with Gasteiger partial charge in [0.1, 0.15) is 5.82 Å². The maximum atomic E-state index is 13.9. The molecule has 0 saturated carbocycles. The second-order valence-electron chi connectivity index (χ2n) is 10.7. The van der Waals surface area contributed by atoms with E-state index >= 15 is 0 Å². The molecule has 0 aromatic heterocycles. The highest BCUT2D eigenvalue weighted by atomic mass is 19.1. The Balaban J connectivity index is 1.49. The van der Waals surface area contributed by atoms with Crippen molar-refractivity contribution < 1.29 is 14.0 Å². The van der Waals surface area contributed by atoms with Gasteiger partial charge in [-0.2, -0.15) is 0 Å². The molecule has 0 unspecified atom stereocenters. The van der Waals surface area contributed by atoms with Gasteiger partial charge in [-0.25, -0.2) is 4.39 Å². The molecule has 3 N–H and O–H groups in total. The largest absolute Gasteiger partial charge is 0.330 e. The summed E-state index contributed by atoms with van der Waals surface area (Å²) in [7, 11) is 0. The van der Waals surface area contributed by atoms with Crippen molar-refractivity contribution in [3.8, 4) is 0 Å². The van der Waals surface area contributed by atoms with Gasteiger partial charge < -0.3 is 16.0 Å². The third-order valence-electron chi connectivity index (χ3n) is 6.56. The van der Waals surface area contributed by atoms with Gasteiger partial charge >= 0.3 is 0 Å². The van der Waals surface area contributed by atoms with Crippen molar-refractivity contribution in [3.05, 3.63) is 136 Å². The van der Waals surface area contributed by atoms with Crippen LogP contribution in [0.25, 0.3) is 0 Å². The summed E-state index contributed by atoms with van der Waals surface area (Å²) in [5, 5.41) is 2.93. The zero-order valence-electron chi connectivity index (χ0n) is 22.6. The van der Waals surface area contributed by atoms with Gasteiger partial charge in [0.05, 0.1) is 0 Å². The quantitative estimate of drug-likeness (QED) is 0.271. The minimum Gasteiger partial charge on any atom is -0.330 e. The highest BCUT2D eigenvalue weighted by Crippen LogP contribution is 2.23. The SMILES string of the molecule is CC(C)(C)c1ccc(C(=O)Nc2ccc(CN(Cc3cccc(CN)c3)C(=O)c3cccc(F)c3)cc2)cc1. The average Bonchev–Trinajstić information content (AvgIpc) is 2.93. The zero-order chi connectivity index (χ0) is 28.0. The molecule has 200 valence electrons. The normalized spacial score (nSPS) is 11.2. The zero-order valence-corrected chi connectivity index (χ0v) is 22.6. The number of anilines is 1. The second-order valence-corrected chi connectivity index (χ2v) is 10.7. The molecule has 39 heavy (non-hydrogen) atoms. The van der Waals surface area contributed by atoms with Crippen LogP contribution in [-0.4, -0.2) is 16.7 Å². The lowest BCUT2D eigenvalue weighted by molar-refractivity contribution is 0.0729. The highest BCUT2D eigenvalue weighted by molar-refractivity contribution is 6.04. The molecule has 6 heteroatoms. The molecule has 0 saturated heterocycles. The smallest absolute Gasteiger partial charge is 0.255 e. The Labute approximate surface area is 229 Å². The summed E-state index contributed by atoms with van der Waals surface area (Å²) in [6.07, 6.45) is 0. The molecule has 4 aromatic rings. The molecule has 0 fully saturated rings. The number of halogens is 1. The number of rotatable bonds is 8. The van der Waals surface area contributed by atoms with Crippen molar-refractivity contribution in [1.82, 2.24) is 4.90 Å². The number of hydrogen-bond donors (Lipinski definition) is 2. The number of nitrogens with two attached hydrogens (primary N) is 1. The fourth-order valence-electron chi connectivity index (χ4n) is 4.32. The fourth-order valence-corrected chi connectivity index (χ4v) is 4.32. The monoisotopic (exact) mass is 523 g/mol. The molecule has 4 rings (SSSR count). The molecular formula is C33H34FN3O2. The van der Waals surface area contributed by atoms with Crippen LogP contribution in [0.2, 0.25) is 0 Å². The third kappa shape index (κ3) is 7.39. The summed E-state index contributed by atoms with van der Waals surface area (Å²) < 4.78 is 13.9. The van der Waals surface area contributed by atoms with E-state index in [1.54, 1.807) is 11.0 Å². The Morgan fingerprint density at radius 1 is 0.769 bits per heavy atom. The van der Waals surface area contributed by atoms with Gasteiger partial charge in [0, 0.05) is 36.4 Å². The Hall–Kier alpha value is -4.29. The molecule has 0 heterocycles. The molecule has 0 spiro atoms. The van der Waals surface area contributed by atoms with Crippen LogP contribution in [0.4, 0.5) is 10.1 Å². The minimum absolute atomic E-state index is 0.0159. The molecule has 0 radical (unpaired) electrons. The van der Waals surface area contributed by atoms with Crippen LogP contribution in [0.1, 0.15) is 63.7 Å². The lowest BCUT2D eigenvalue weighted by atomic mass is 9.87. The molecule has 0 aliphatic carbocycles. The number of amides is 2. The van der Waals surface area contributed by atoms with E-state index in [2.05, 4.69) is 26.1 Å². The lowest BCUT2D eigenvalue weighted by Crippen LogP contribution is -2.30. The van der Waals surface area contributed by atoms with Crippen molar-refractivity contribution in [3.63, 3.8) is 0 Å². The molecule has 0 atom stereocenters. The Morgan fingerprint density at radius 3 is 2.05 bits per heavy atom. The van der Waals surface area contributed by atoms with Crippen LogP contribution in [-0.2, 0) is 25.0 Å². The highest BCUT2D eigenvalue weighted by Gasteiger charge is 2.18. The molecule has 0 bridgehead atoms. The van der Waals surface area contributed by atoms with Gasteiger partial charge in [-0.1, -0.05) is 75.4 Å². The summed E-state index contributed by atoms with van der Waals surface area (Å²) in [5.74, 6) is -0.922. The topological polar surface area (TPSA) is 75.4 Å². The summed E-state index contributed by atoms with van der Waals surface area (Å²) in [6.45, 7) is 7.45. The predicted octanol–water partition coefficient (Wildman–Crippen LogP) is 6.68. The first kappa shape index (κ1) is 27.7. The van der Waals surface area contributed by atoms with Crippen molar-refractivity contribution in [1.29, 1.82) is 0 Å². The van der Waals surface area contributed by atoms with Gasteiger partial charge in [0.25, 0.3) is 11.8 Å². The van der Waals surface area contributed by atoms with Gasteiger partial charge in [0.2, 0.25) is 0 Å². The van der Waals surface area contributed by atoms with E-state index in [1.165, 1.54) is 18.2 Å². The number of carbonyl (C=O) groups is 2. The first-order valence-electron chi connectivity index (χ1n) is 13.0. The Morgan fingerprint density at radius 2 is 1.41 bits per heavy atom.